The Morgan fingerprint density at radius 3 is 0.623 bits per heavy atom. The van der Waals surface area contributed by atoms with Gasteiger partial charge in [0.1, 0.15) is 0 Å². The van der Waals surface area contributed by atoms with Crippen molar-refractivity contribution in [1.29, 1.82) is 0 Å². The van der Waals surface area contributed by atoms with Crippen LogP contribution in [-0.4, -0.2) is 0 Å². The zero-order chi connectivity index (χ0) is 39.8. The average molecular weight is 770 g/mol. The summed E-state index contributed by atoms with van der Waals surface area (Å²) >= 11 is 0. The van der Waals surface area contributed by atoms with Gasteiger partial charge >= 0.3 is 0 Å². The second-order valence-corrected chi connectivity index (χ2v) is 17.2. The molecular weight excluding hydrogens is 735 g/mol. The molecule has 0 fully saturated rings. The number of nitrogens with one attached hydrogen (secondary N) is 1. The lowest BCUT2D eigenvalue weighted by Crippen LogP contribution is -1.93. The highest BCUT2D eigenvalue weighted by atomic mass is 14.9. The lowest BCUT2D eigenvalue weighted by Gasteiger charge is -2.15. The minimum atomic E-state index is 1.11. The molecule has 61 heavy (non-hydrogen) atoms. The summed E-state index contributed by atoms with van der Waals surface area (Å²) < 4.78 is 0. The lowest BCUT2D eigenvalue weighted by atomic mass is 9.94. The number of hydrogen-bond acceptors (Lipinski definition) is 1. The Morgan fingerprint density at radius 1 is 0.164 bits per heavy atom. The number of rotatable bonds is 2. The first-order valence-corrected chi connectivity index (χ1v) is 21.2. The van der Waals surface area contributed by atoms with Crippen molar-refractivity contribution in [2.24, 2.45) is 0 Å². The summed E-state index contributed by atoms with van der Waals surface area (Å²) in [6.07, 6.45) is 0. The van der Waals surface area contributed by atoms with Gasteiger partial charge in [0.15, 0.2) is 0 Å². The average Bonchev–Trinajstić information content (AvgIpc) is 3.27. The number of benzene rings is 14. The molecule has 14 aromatic rings. The van der Waals surface area contributed by atoms with E-state index in [1.807, 2.05) is 0 Å². The first-order chi connectivity index (χ1) is 30.1. The van der Waals surface area contributed by atoms with Gasteiger partial charge in [-0.15, -0.1) is 0 Å². The van der Waals surface area contributed by atoms with Crippen molar-refractivity contribution in [2.45, 2.75) is 0 Å². The van der Waals surface area contributed by atoms with Crippen molar-refractivity contribution >= 4 is 141 Å². The van der Waals surface area contributed by atoms with Gasteiger partial charge in [-0.1, -0.05) is 72.8 Å². The third-order valence-electron chi connectivity index (χ3n) is 13.4. The SMILES string of the molecule is c1ccc2cc3cc4cc5cc6cc7c(Nc8cccc9cc%10cc%11cc%12cc%13cc%14ccccc%14cc%13cc%12cc%11cc%10cc89)cccc7cc6cc5cc4cc3cc2c1. The molecule has 0 atom stereocenters. The molecule has 14 rings (SSSR count). The monoisotopic (exact) mass is 769 g/mol. The molecule has 1 nitrogen and oxygen atoms in total. The molecule has 0 aliphatic carbocycles. The predicted octanol–water partition coefficient (Wildman–Crippen LogP) is 17.3. The Labute approximate surface area is 350 Å². The van der Waals surface area contributed by atoms with Gasteiger partial charge < -0.3 is 5.32 Å². The highest BCUT2D eigenvalue weighted by molar-refractivity contribution is 6.15. The Bertz CT molecular complexity index is 3980. The van der Waals surface area contributed by atoms with Gasteiger partial charge in [-0.2, -0.15) is 0 Å². The molecule has 0 radical (unpaired) electrons. The van der Waals surface area contributed by atoms with Crippen LogP contribution in [0.5, 0.6) is 0 Å². The van der Waals surface area contributed by atoms with Crippen LogP contribution in [0.2, 0.25) is 0 Å². The molecule has 0 saturated carbocycles. The van der Waals surface area contributed by atoms with E-state index in [9.17, 15) is 0 Å². The number of hydrogen-bond donors (Lipinski definition) is 1. The van der Waals surface area contributed by atoms with E-state index in [4.69, 9.17) is 0 Å². The fourth-order valence-electron chi connectivity index (χ4n) is 10.3. The maximum atomic E-state index is 3.90. The topological polar surface area (TPSA) is 12.0 Å². The van der Waals surface area contributed by atoms with Crippen LogP contribution in [-0.2, 0) is 0 Å². The van der Waals surface area contributed by atoms with Crippen LogP contribution in [0.25, 0.3) is 129 Å². The molecule has 0 spiro atoms. The van der Waals surface area contributed by atoms with E-state index in [1.54, 1.807) is 0 Å². The quantitative estimate of drug-likeness (QED) is 0.173. The highest BCUT2D eigenvalue weighted by Crippen LogP contribution is 2.39. The van der Waals surface area contributed by atoms with Gasteiger partial charge in [0, 0.05) is 22.1 Å². The normalized spacial score (nSPS) is 12.3. The van der Waals surface area contributed by atoms with E-state index in [0.29, 0.717) is 0 Å². The zero-order valence-corrected chi connectivity index (χ0v) is 33.1. The summed E-state index contributed by atoms with van der Waals surface area (Å²) in [6, 6.07) is 77.5. The minimum absolute atomic E-state index is 1.11. The van der Waals surface area contributed by atoms with Crippen molar-refractivity contribution in [3.8, 4) is 0 Å². The van der Waals surface area contributed by atoms with Gasteiger partial charge in [0.2, 0.25) is 0 Å². The van der Waals surface area contributed by atoms with Crippen LogP contribution in [0.3, 0.4) is 0 Å². The van der Waals surface area contributed by atoms with Crippen LogP contribution in [0.4, 0.5) is 11.4 Å². The van der Waals surface area contributed by atoms with Crippen LogP contribution in [0.15, 0.2) is 206 Å². The lowest BCUT2D eigenvalue weighted by molar-refractivity contribution is 1.62. The summed E-state index contributed by atoms with van der Waals surface area (Å²) in [4.78, 5) is 0. The van der Waals surface area contributed by atoms with Crippen LogP contribution >= 0.6 is 0 Å². The molecule has 0 unspecified atom stereocenters. The molecule has 1 heteroatoms. The van der Waals surface area contributed by atoms with Gasteiger partial charge in [0.05, 0.1) is 0 Å². The van der Waals surface area contributed by atoms with E-state index in [2.05, 4.69) is 212 Å². The summed E-state index contributed by atoms with van der Waals surface area (Å²) in [6.45, 7) is 0. The molecule has 0 aromatic heterocycles. The van der Waals surface area contributed by atoms with E-state index in [0.717, 1.165) is 11.4 Å². The first kappa shape index (κ1) is 32.9. The Balaban J connectivity index is 0.864. The fourth-order valence-corrected chi connectivity index (χ4v) is 10.3. The smallest absolute Gasteiger partial charge is 0.0464 e. The fraction of sp³-hybridized carbons (Fsp3) is 0. The van der Waals surface area contributed by atoms with Crippen molar-refractivity contribution in [1.82, 2.24) is 0 Å². The first-order valence-electron chi connectivity index (χ1n) is 21.2. The van der Waals surface area contributed by atoms with E-state index < -0.39 is 0 Å². The number of fused-ring (bicyclic) bond motifs is 12. The molecular formula is C60H35N. The van der Waals surface area contributed by atoms with E-state index in [1.165, 1.54) is 129 Å². The van der Waals surface area contributed by atoms with Crippen molar-refractivity contribution in [2.75, 3.05) is 5.32 Å². The Kier molecular flexibility index (Phi) is 6.62. The molecule has 14 aromatic carbocycles. The van der Waals surface area contributed by atoms with Gasteiger partial charge in [-0.3, -0.25) is 0 Å². The second kappa shape index (κ2) is 12.3. The molecule has 0 bridgehead atoms. The largest absolute Gasteiger partial charge is 0.355 e. The summed E-state index contributed by atoms with van der Waals surface area (Å²) in [5.41, 5.74) is 2.21. The third kappa shape index (κ3) is 5.21. The maximum absolute atomic E-state index is 3.90. The van der Waals surface area contributed by atoms with Crippen LogP contribution < -0.4 is 5.32 Å². The highest BCUT2D eigenvalue weighted by Gasteiger charge is 2.12. The summed E-state index contributed by atoms with van der Waals surface area (Å²) in [5.74, 6) is 0. The van der Waals surface area contributed by atoms with Crippen LogP contribution in [0.1, 0.15) is 0 Å². The van der Waals surface area contributed by atoms with Gasteiger partial charge in [-0.25, -0.2) is 0 Å². The summed E-state index contributed by atoms with van der Waals surface area (Å²) in [5, 5.41) is 34.1. The number of anilines is 2. The Morgan fingerprint density at radius 2 is 0.361 bits per heavy atom. The minimum Gasteiger partial charge on any atom is -0.355 e. The van der Waals surface area contributed by atoms with Crippen molar-refractivity contribution < 1.29 is 0 Å². The summed E-state index contributed by atoms with van der Waals surface area (Å²) in [7, 11) is 0. The molecule has 1 N–H and O–H groups in total. The molecule has 280 valence electrons. The van der Waals surface area contributed by atoms with Gasteiger partial charge in [0.25, 0.3) is 0 Å². The maximum Gasteiger partial charge on any atom is 0.0464 e. The molecule has 0 amide bonds. The second-order valence-electron chi connectivity index (χ2n) is 17.2. The third-order valence-corrected chi connectivity index (χ3v) is 13.4. The predicted molar refractivity (Wildman–Crippen MR) is 266 cm³/mol. The molecule has 0 heterocycles. The molecule has 0 aliphatic rings. The van der Waals surface area contributed by atoms with Gasteiger partial charge in [-0.05, 0) is 252 Å². The molecule has 0 saturated heterocycles. The van der Waals surface area contributed by atoms with E-state index >= 15 is 0 Å². The Hall–Kier alpha value is -8.00. The van der Waals surface area contributed by atoms with Crippen molar-refractivity contribution in [3.63, 3.8) is 0 Å². The van der Waals surface area contributed by atoms with E-state index in [-0.39, 0.29) is 0 Å². The molecule has 0 aliphatic heterocycles. The van der Waals surface area contributed by atoms with Crippen molar-refractivity contribution in [3.05, 3.63) is 206 Å². The van der Waals surface area contributed by atoms with Crippen LogP contribution in [0, 0.1) is 0 Å². The standard InChI is InChI=1S/C60H35N/c1-3-9-37-17-43-23-49-29-53-31-55-33-57-39(19-45(55)25-51(53)27-47(49)21-41(43)15-35(37)7-1)11-5-13-59(57)61-60-14-6-12-40-20-46-26-52-28-48-22-42-16-36-8-2-4-10-38(36)18-44(42)24-50(48)30-54(52)32-56(46)34-58(40)60/h1-34,61H. The zero-order valence-electron chi connectivity index (χ0n) is 33.1.